The van der Waals surface area contributed by atoms with Crippen LogP contribution in [0.15, 0.2) is 77.6 Å². The lowest BCUT2D eigenvalue weighted by Gasteiger charge is -2.38. The largest absolute Gasteiger partial charge is 0.493 e. The van der Waals surface area contributed by atoms with Gasteiger partial charge in [-0.25, -0.2) is 15.0 Å². The number of piperidine rings is 2. The average molecular weight is 1130 g/mol. The van der Waals surface area contributed by atoms with Crippen molar-refractivity contribution in [2.45, 2.75) is 117 Å². The lowest BCUT2D eigenvalue weighted by Crippen LogP contribution is -2.58. The molecule has 3 fully saturated rings. The number of benzene rings is 3. The van der Waals surface area contributed by atoms with E-state index in [1.165, 1.54) is 26.5 Å². The highest BCUT2D eigenvalue weighted by Gasteiger charge is 2.45. The number of carbonyl (C=O) groups is 4. The number of rotatable bonds is 20. The number of aryl methyl sites for hydroxylation is 2. The van der Waals surface area contributed by atoms with Crippen LogP contribution >= 0.6 is 22.7 Å². The second-order valence-corrected chi connectivity index (χ2v) is 24.7. The molecule has 17 nitrogen and oxygen atoms in total. The molecule has 5 N–H and O–H groups in total. The molecule has 0 radical (unpaired) electrons. The Kier molecular flexibility index (Phi) is 18.9. The molecule has 3 aromatic carbocycles. The molecule has 0 spiro atoms. The van der Waals surface area contributed by atoms with Crippen LogP contribution in [0.25, 0.3) is 32.5 Å². The van der Waals surface area contributed by atoms with E-state index < -0.39 is 35.4 Å². The molecule has 0 bridgehead atoms. The van der Waals surface area contributed by atoms with E-state index in [2.05, 4.69) is 78.8 Å². The van der Waals surface area contributed by atoms with Gasteiger partial charge in [-0.05, 0) is 129 Å². The van der Waals surface area contributed by atoms with Crippen LogP contribution in [0.1, 0.15) is 99.8 Å². The first-order chi connectivity index (χ1) is 38.4. The molecule has 6 heterocycles. The third kappa shape index (κ3) is 14.1. The molecule has 3 aromatic heterocycles. The number of nitrogens with zero attached hydrogens (tertiary/aromatic N) is 6. The van der Waals surface area contributed by atoms with Crippen molar-refractivity contribution in [1.29, 1.82) is 0 Å². The van der Waals surface area contributed by atoms with Crippen LogP contribution in [0.2, 0.25) is 0 Å². The molecular weight excluding hydrogens is 1050 g/mol. The zero-order valence-corrected chi connectivity index (χ0v) is 49.1. The standard InChI is InChI=1S/C61H78N10O7S2/c1-37(65-58-48-27-51(77-7)52(78-8)28-49(48)66-39(3)67-58)53-25-45(35-79-53)47-12-10-9-11-44(47)32-62-30-41-17-21-69(22-18-41)33-42-19-23-70(24-20-42)55(74)29-54(73)68-57(61(4,5)6)60(76)71-34-46(72)26-50(71)59(75)63-31-40-13-15-43(16-14-40)56-38(2)64-36-80-56/h9-16,25,27-28,35-37,41-42,46,50,57,62,72H,17-24,26,29-34H2,1-8H3,(H,63,75)(H,68,73)(H,65,66,67)/t37-,46-,50+,57-/m1/s1. The summed E-state index contributed by atoms with van der Waals surface area (Å²) in [4.78, 5) is 76.7. The maximum Gasteiger partial charge on any atom is 0.246 e. The molecule has 9 rings (SSSR count). The molecule has 426 valence electrons. The molecule has 4 atom stereocenters. The minimum absolute atomic E-state index is 0.00465. The smallest absolute Gasteiger partial charge is 0.246 e. The maximum atomic E-state index is 14.2. The van der Waals surface area contributed by atoms with Gasteiger partial charge in [-0.1, -0.05) is 69.3 Å². The fourth-order valence-electron chi connectivity index (χ4n) is 11.4. The molecule has 0 aliphatic carbocycles. The van der Waals surface area contributed by atoms with Crippen LogP contribution in [-0.4, -0.2) is 137 Å². The van der Waals surface area contributed by atoms with Crippen molar-refractivity contribution in [2.75, 3.05) is 65.3 Å². The van der Waals surface area contributed by atoms with E-state index in [-0.39, 0.29) is 43.8 Å². The molecule has 19 heteroatoms. The first-order valence-electron chi connectivity index (χ1n) is 28.0. The van der Waals surface area contributed by atoms with Gasteiger partial charge in [0, 0.05) is 62.0 Å². The van der Waals surface area contributed by atoms with Gasteiger partial charge in [0.2, 0.25) is 23.6 Å². The fourth-order valence-corrected chi connectivity index (χ4v) is 13.1. The Morgan fingerprint density at radius 2 is 1.56 bits per heavy atom. The molecule has 3 saturated heterocycles. The van der Waals surface area contributed by atoms with Crippen molar-refractivity contribution in [3.63, 3.8) is 0 Å². The zero-order chi connectivity index (χ0) is 56.7. The maximum absolute atomic E-state index is 14.2. The van der Waals surface area contributed by atoms with E-state index >= 15 is 0 Å². The second kappa shape index (κ2) is 25.9. The third-order valence-corrected chi connectivity index (χ3v) is 18.1. The summed E-state index contributed by atoms with van der Waals surface area (Å²) in [6, 6.07) is 20.7. The van der Waals surface area contributed by atoms with Gasteiger partial charge in [0.15, 0.2) is 11.5 Å². The van der Waals surface area contributed by atoms with E-state index in [9.17, 15) is 24.3 Å². The average Bonchev–Trinajstić information content (AvgIpc) is 4.22. The molecule has 80 heavy (non-hydrogen) atoms. The topological polar surface area (TPSA) is 203 Å². The zero-order valence-electron chi connectivity index (χ0n) is 47.5. The Morgan fingerprint density at radius 1 is 0.850 bits per heavy atom. The van der Waals surface area contributed by atoms with Gasteiger partial charge >= 0.3 is 0 Å². The number of anilines is 1. The van der Waals surface area contributed by atoms with Gasteiger partial charge in [0.05, 0.1) is 48.0 Å². The minimum Gasteiger partial charge on any atom is -0.493 e. The molecule has 0 saturated carbocycles. The summed E-state index contributed by atoms with van der Waals surface area (Å²) in [6.07, 6.45) is 2.86. The summed E-state index contributed by atoms with van der Waals surface area (Å²) >= 11 is 3.32. The molecule has 6 aromatic rings. The van der Waals surface area contributed by atoms with Crippen molar-refractivity contribution in [3.05, 3.63) is 105 Å². The number of amides is 4. The SMILES string of the molecule is COc1cc2nc(C)nc(N[C@H](C)c3cc(-c4ccccc4CNCC4CCN(CC5CCN(C(=O)CC(=O)N[C@H](C(=O)N6C[C@H](O)C[C@H]6C(=O)NCc6ccc(-c7scnc7C)cc6)C(C)(C)C)CC5)CC4)cs3)c2cc1OC. The number of likely N-dealkylation sites (tertiary alicyclic amines) is 3. The summed E-state index contributed by atoms with van der Waals surface area (Å²) in [5, 5.41) is 27.0. The van der Waals surface area contributed by atoms with Gasteiger partial charge in [-0.3, -0.25) is 19.2 Å². The number of aliphatic hydroxyl groups excluding tert-OH is 1. The number of hydrogen-bond donors (Lipinski definition) is 5. The van der Waals surface area contributed by atoms with Crippen LogP contribution < -0.4 is 30.7 Å². The van der Waals surface area contributed by atoms with Gasteiger partial charge in [-0.2, -0.15) is 0 Å². The van der Waals surface area contributed by atoms with Crippen LogP contribution in [0.4, 0.5) is 5.82 Å². The fraction of sp³-hybridized carbons (Fsp3) is 0.492. The lowest BCUT2D eigenvalue weighted by atomic mass is 9.85. The van der Waals surface area contributed by atoms with Crippen molar-refractivity contribution in [1.82, 2.24) is 45.6 Å². The van der Waals surface area contributed by atoms with Gasteiger partial charge in [0.25, 0.3) is 0 Å². The number of aliphatic hydroxyl groups is 1. The summed E-state index contributed by atoms with van der Waals surface area (Å²) < 4.78 is 11.1. The van der Waals surface area contributed by atoms with E-state index in [1.807, 2.05) is 76.5 Å². The summed E-state index contributed by atoms with van der Waals surface area (Å²) in [7, 11) is 3.25. The predicted octanol–water partition coefficient (Wildman–Crippen LogP) is 8.53. The summed E-state index contributed by atoms with van der Waals surface area (Å²) in [5.41, 5.74) is 8.49. The highest BCUT2D eigenvalue weighted by molar-refractivity contribution is 7.13. The van der Waals surface area contributed by atoms with Crippen molar-refractivity contribution < 1.29 is 33.8 Å². The molecule has 4 amide bonds. The number of β-amino-alcohol motifs (C(OH)–C–C–N with tert-alkyl or cyclic N) is 1. The van der Waals surface area contributed by atoms with E-state index in [4.69, 9.17) is 14.5 Å². The summed E-state index contributed by atoms with van der Waals surface area (Å²) in [5.74, 6) is 2.14. The van der Waals surface area contributed by atoms with E-state index in [0.29, 0.717) is 42.2 Å². The Balaban J connectivity index is 0.687. The van der Waals surface area contributed by atoms with Crippen molar-refractivity contribution in [2.24, 2.45) is 17.3 Å². The van der Waals surface area contributed by atoms with E-state index in [1.54, 1.807) is 41.8 Å². The Morgan fingerprint density at radius 3 is 2.26 bits per heavy atom. The lowest BCUT2D eigenvalue weighted by molar-refractivity contribution is -0.145. The Hall–Kier alpha value is -6.51. The van der Waals surface area contributed by atoms with Crippen LogP contribution in [0.3, 0.4) is 0 Å². The van der Waals surface area contributed by atoms with Gasteiger partial charge in [-0.15, -0.1) is 22.7 Å². The number of methoxy groups -OCH3 is 2. The third-order valence-electron chi connectivity index (χ3n) is 16.0. The van der Waals surface area contributed by atoms with Gasteiger partial charge in [0.1, 0.15) is 30.1 Å². The number of thiophene rings is 1. The first-order valence-corrected chi connectivity index (χ1v) is 29.8. The summed E-state index contributed by atoms with van der Waals surface area (Å²) in [6.45, 7) is 17.8. The number of carbonyl (C=O) groups excluding carboxylic acids is 4. The quantitative estimate of drug-likeness (QED) is 0.0456. The number of thiazole rings is 1. The highest BCUT2D eigenvalue weighted by Crippen LogP contribution is 2.38. The number of ether oxygens (including phenoxy) is 2. The van der Waals surface area contributed by atoms with Crippen LogP contribution in [0, 0.1) is 31.1 Å². The van der Waals surface area contributed by atoms with Crippen molar-refractivity contribution in [3.8, 4) is 33.1 Å². The number of aromatic nitrogens is 3. The van der Waals surface area contributed by atoms with Crippen LogP contribution in [0.5, 0.6) is 11.5 Å². The van der Waals surface area contributed by atoms with E-state index in [0.717, 1.165) is 96.8 Å². The second-order valence-electron chi connectivity index (χ2n) is 22.9. The van der Waals surface area contributed by atoms with Crippen molar-refractivity contribution >= 4 is 63.0 Å². The molecular formula is C61H78N10O7S2. The number of nitrogens with one attached hydrogen (secondary N) is 4. The Labute approximate surface area is 478 Å². The first kappa shape index (κ1) is 58.2. The number of hydrogen-bond acceptors (Lipinski definition) is 15. The molecule has 3 aliphatic heterocycles. The predicted molar refractivity (Wildman–Crippen MR) is 316 cm³/mol. The van der Waals surface area contributed by atoms with Gasteiger partial charge < -0.3 is 50.5 Å². The monoisotopic (exact) mass is 1130 g/mol. The highest BCUT2D eigenvalue weighted by atomic mass is 32.1. The van der Waals surface area contributed by atoms with Crippen LogP contribution in [-0.2, 0) is 32.3 Å². The minimum atomic E-state index is -1.01. The Bertz CT molecular complexity index is 3120. The number of fused-ring (bicyclic) bond motifs is 1. The molecule has 0 unspecified atom stereocenters. The molecule has 3 aliphatic rings. The normalized spacial score (nSPS) is 18.3.